The number of carboxylic acid groups (broad SMARTS) is 1. The molecule has 2 aromatic heterocycles. The van der Waals surface area contributed by atoms with Crippen LogP contribution >= 0.6 is 11.3 Å². The molecule has 0 aromatic carbocycles. The van der Waals surface area contributed by atoms with Gasteiger partial charge in [-0.15, -0.1) is 11.3 Å². The Labute approximate surface area is 126 Å². The second-order valence-electron chi connectivity index (χ2n) is 4.52. The largest absolute Gasteiger partial charge is 0.477 e. The van der Waals surface area contributed by atoms with Crippen molar-refractivity contribution < 1.29 is 18.3 Å². The van der Waals surface area contributed by atoms with Crippen molar-refractivity contribution in [1.29, 1.82) is 0 Å². The van der Waals surface area contributed by atoms with Gasteiger partial charge in [0.2, 0.25) is 0 Å². The van der Waals surface area contributed by atoms with Gasteiger partial charge in [-0.25, -0.2) is 13.2 Å². The maximum absolute atomic E-state index is 12.2. The number of rotatable bonds is 6. The quantitative estimate of drug-likeness (QED) is 0.752. The predicted molar refractivity (Wildman–Crippen MR) is 79.4 cm³/mol. The summed E-state index contributed by atoms with van der Waals surface area (Å²) in [6.07, 6.45) is 1.69. The third kappa shape index (κ3) is 3.42. The van der Waals surface area contributed by atoms with Gasteiger partial charge in [0.15, 0.2) is 5.82 Å². The van der Waals surface area contributed by atoms with E-state index in [2.05, 4.69) is 14.9 Å². The molecule has 3 N–H and O–H groups in total. The fraction of sp³-hybridized carbons (Fsp3) is 0.333. The van der Waals surface area contributed by atoms with Crippen molar-refractivity contribution >= 4 is 33.1 Å². The molecule has 0 radical (unpaired) electrons. The van der Waals surface area contributed by atoms with Crippen molar-refractivity contribution in [3.8, 4) is 0 Å². The van der Waals surface area contributed by atoms with E-state index < -0.39 is 16.0 Å². The van der Waals surface area contributed by atoms with Gasteiger partial charge < -0.3 is 5.11 Å². The van der Waals surface area contributed by atoms with Crippen molar-refractivity contribution in [2.24, 2.45) is 0 Å². The number of thiophene rings is 1. The second kappa shape index (κ2) is 5.86. The van der Waals surface area contributed by atoms with Crippen LogP contribution in [-0.4, -0.2) is 29.7 Å². The lowest BCUT2D eigenvalue weighted by molar-refractivity contribution is 0.0701. The molecule has 0 spiro atoms. The van der Waals surface area contributed by atoms with Crippen LogP contribution in [0.25, 0.3) is 0 Å². The number of hydrogen-bond donors (Lipinski definition) is 3. The molecule has 114 valence electrons. The Kier molecular flexibility index (Phi) is 4.33. The molecular weight excluding hydrogens is 314 g/mol. The Balaban J connectivity index is 2.25. The number of anilines is 1. The molecule has 0 amide bonds. The molecule has 0 aliphatic carbocycles. The van der Waals surface area contributed by atoms with E-state index in [0.29, 0.717) is 5.56 Å². The van der Waals surface area contributed by atoms with Crippen LogP contribution in [0.2, 0.25) is 0 Å². The van der Waals surface area contributed by atoms with Crippen LogP contribution in [0.1, 0.15) is 34.3 Å². The summed E-state index contributed by atoms with van der Waals surface area (Å²) in [6.45, 7) is 3.57. The zero-order valence-electron chi connectivity index (χ0n) is 11.5. The zero-order valence-corrected chi connectivity index (χ0v) is 13.1. The molecule has 0 fully saturated rings. The highest BCUT2D eigenvalue weighted by Crippen LogP contribution is 2.27. The Morgan fingerprint density at radius 1 is 1.48 bits per heavy atom. The third-order valence-electron chi connectivity index (χ3n) is 2.74. The predicted octanol–water partition coefficient (Wildman–Crippen LogP) is 2.23. The van der Waals surface area contributed by atoms with E-state index in [4.69, 9.17) is 5.11 Å². The second-order valence-corrected chi connectivity index (χ2v) is 7.48. The molecule has 7 nitrogen and oxygen atoms in total. The standard InChI is InChI=1S/C12H15N3O4S2/c1-3-4-8-6-9(14-13-8)15-21(18,19)10-5-7(2)11(20-10)12(16)17/h5-6H,3-4H2,1-2H3,(H,16,17)(H2,13,14,15). The SMILES string of the molecule is CCCc1cc(NS(=O)(=O)c2cc(C)c(C(=O)O)s2)n[nH]1. The smallest absolute Gasteiger partial charge is 0.346 e. The van der Waals surface area contributed by atoms with E-state index in [1.165, 1.54) is 6.07 Å². The highest BCUT2D eigenvalue weighted by Gasteiger charge is 2.22. The lowest BCUT2D eigenvalue weighted by atomic mass is 10.2. The molecule has 0 atom stereocenters. The van der Waals surface area contributed by atoms with Gasteiger partial charge >= 0.3 is 5.97 Å². The summed E-state index contributed by atoms with van der Waals surface area (Å²) in [5.74, 6) is -0.940. The number of nitrogens with one attached hydrogen (secondary N) is 2. The van der Waals surface area contributed by atoms with Gasteiger partial charge in [0.1, 0.15) is 9.09 Å². The van der Waals surface area contributed by atoms with Gasteiger partial charge in [-0.05, 0) is 25.0 Å². The maximum Gasteiger partial charge on any atom is 0.346 e. The first-order valence-electron chi connectivity index (χ1n) is 6.24. The van der Waals surface area contributed by atoms with Gasteiger partial charge in [-0.1, -0.05) is 13.3 Å². The molecule has 21 heavy (non-hydrogen) atoms. The Morgan fingerprint density at radius 2 is 2.19 bits per heavy atom. The minimum Gasteiger partial charge on any atom is -0.477 e. The van der Waals surface area contributed by atoms with Crippen LogP contribution in [-0.2, 0) is 16.4 Å². The number of carbonyl (C=O) groups is 1. The minimum atomic E-state index is -3.83. The molecule has 2 heterocycles. The van der Waals surface area contributed by atoms with Gasteiger partial charge in [-0.3, -0.25) is 9.82 Å². The van der Waals surface area contributed by atoms with Crippen LogP contribution in [0.15, 0.2) is 16.3 Å². The van der Waals surface area contributed by atoms with E-state index in [1.807, 2.05) is 6.92 Å². The lowest BCUT2D eigenvalue weighted by Gasteiger charge is -2.01. The topological polar surface area (TPSA) is 112 Å². The first-order chi connectivity index (χ1) is 9.83. The van der Waals surface area contributed by atoms with Crippen LogP contribution in [0.3, 0.4) is 0 Å². The number of nitrogens with zero attached hydrogens (tertiary/aromatic N) is 1. The van der Waals surface area contributed by atoms with Crippen molar-refractivity contribution in [2.45, 2.75) is 30.9 Å². The van der Waals surface area contributed by atoms with Crippen molar-refractivity contribution in [2.75, 3.05) is 4.72 Å². The summed E-state index contributed by atoms with van der Waals surface area (Å²) in [7, 11) is -3.83. The highest BCUT2D eigenvalue weighted by molar-refractivity contribution is 7.94. The Hall–Kier alpha value is -1.87. The molecule has 2 aromatic rings. The van der Waals surface area contributed by atoms with Crippen molar-refractivity contribution in [1.82, 2.24) is 10.2 Å². The summed E-state index contributed by atoms with van der Waals surface area (Å²) >= 11 is 0.723. The fourth-order valence-electron chi connectivity index (χ4n) is 1.80. The minimum absolute atomic E-state index is 0.0177. The van der Waals surface area contributed by atoms with E-state index in [-0.39, 0.29) is 14.9 Å². The monoisotopic (exact) mass is 329 g/mol. The molecule has 0 saturated heterocycles. The normalized spacial score (nSPS) is 11.5. The number of aromatic nitrogens is 2. The van der Waals surface area contributed by atoms with Crippen molar-refractivity contribution in [3.05, 3.63) is 28.3 Å². The fourth-order valence-corrected chi connectivity index (χ4v) is 4.17. The van der Waals surface area contributed by atoms with Crippen LogP contribution in [0.5, 0.6) is 0 Å². The Bertz CT molecular complexity index is 761. The number of carboxylic acids is 1. The third-order valence-corrected chi connectivity index (χ3v) is 5.80. The first kappa shape index (κ1) is 15.5. The van der Waals surface area contributed by atoms with Crippen molar-refractivity contribution in [3.63, 3.8) is 0 Å². The summed E-state index contributed by atoms with van der Waals surface area (Å²) in [5, 5.41) is 15.6. The Morgan fingerprint density at radius 3 is 2.76 bits per heavy atom. The summed E-state index contributed by atoms with van der Waals surface area (Å²) in [5.41, 5.74) is 1.25. The molecule has 9 heteroatoms. The number of aryl methyl sites for hydroxylation is 2. The number of hydrogen-bond acceptors (Lipinski definition) is 5. The van der Waals surface area contributed by atoms with E-state index in [9.17, 15) is 13.2 Å². The number of sulfonamides is 1. The molecule has 0 saturated carbocycles. The summed E-state index contributed by atoms with van der Waals surface area (Å²) in [4.78, 5) is 11.0. The molecule has 0 unspecified atom stereocenters. The van der Waals surface area contributed by atoms with E-state index in [0.717, 1.165) is 29.9 Å². The van der Waals surface area contributed by atoms with Gasteiger partial charge in [0, 0.05) is 11.8 Å². The average Bonchev–Trinajstić information content (AvgIpc) is 2.96. The molecule has 0 bridgehead atoms. The number of aromatic amines is 1. The van der Waals surface area contributed by atoms with Crippen LogP contribution in [0, 0.1) is 6.92 Å². The lowest BCUT2D eigenvalue weighted by Crippen LogP contribution is -2.11. The molecular formula is C12H15N3O4S2. The molecule has 2 rings (SSSR count). The van der Waals surface area contributed by atoms with E-state index >= 15 is 0 Å². The molecule has 0 aliphatic rings. The van der Waals surface area contributed by atoms with Gasteiger partial charge in [-0.2, -0.15) is 5.10 Å². The summed E-state index contributed by atoms with van der Waals surface area (Å²) < 4.78 is 26.7. The van der Waals surface area contributed by atoms with E-state index in [1.54, 1.807) is 13.0 Å². The maximum atomic E-state index is 12.2. The average molecular weight is 329 g/mol. The molecule has 0 aliphatic heterocycles. The first-order valence-corrected chi connectivity index (χ1v) is 8.54. The van der Waals surface area contributed by atoms with Gasteiger partial charge in [0.05, 0.1) is 0 Å². The highest BCUT2D eigenvalue weighted by atomic mass is 32.2. The van der Waals surface area contributed by atoms with Crippen LogP contribution in [0.4, 0.5) is 5.82 Å². The number of aromatic carboxylic acids is 1. The zero-order chi connectivity index (χ0) is 15.6. The van der Waals surface area contributed by atoms with Crippen LogP contribution < -0.4 is 4.72 Å². The van der Waals surface area contributed by atoms with Gasteiger partial charge in [0.25, 0.3) is 10.0 Å². The summed E-state index contributed by atoms with van der Waals surface area (Å²) in [6, 6.07) is 2.97. The number of H-pyrrole nitrogens is 1.